The Morgan fingerprint density at radius 3 is 2.65 bits per heavy atom. The van der Waals surface area contributed by atoms with E-state index in [2.05, 4.69) is 4.98 Å². The van der Waals surface area contributed by atoms with Crippen LogP contribution in [0.15, 0.2) is 23.1 Å². The highest BCUT2D eigenvalue weighted by molar-refractivity contribution is 5.95. The number of aromatic nitrogens is 1. The van der Waals surface area contributed by atoms with Crippen molar-refractivity contribution in [1.29, 1.82) is 0 Å². The number of hydrogen-bond acceptors (Lipinski definition) is 4. The van der Waals surface area contributed by atoms with Crippen LogP contribution < -0.4 is 10.2 Å². The highest BCUT2D eigenvalue weighted by atomic mass is 16.5. The summed E-state index contributed by atoms with van der Waals surface area (Å²) in [6.45, 7) is 6.13. The number of rotatable bonds is 4. The summed E-state index contributed by atoms with van der Waals surface area (Å²) in [7, 11) is 0. The lowest BCUT2D eigenvalue weighted by Crippen LogP contribution is -2.18. The Labute approximate surface area is 116 Å². The molecular formula is C15H17NO4. The zero-order valence-electron chi connectivity index (χ0n) is 11.8. The van der Waals surface area contributed by atoms with Crippen molar-refractivity contribution in [2.45, 2.75) is 20.8 Å². The number of carbonyl (C=O) groups is 1. The number of aryl methyl sites for hydroxylation is 1. The third kappa shape index (κ3) is 2.52. The molecule has 0 radical (unpaired) electrons. The molecule has 106 valence electrons. The molecule has 1 aromatic carbocycles. The summed E-state index contributed by atoms with van der Waals surface area (Å²) in [5.74, 6) is -0.145. The van der Waals surface area contributed by atoms with E-state index in [9.17, 15) is 9.59 Å². The van der Waals surface area contributed by atoms with E-state index >= 15 is 0 Å². The van der Waals surface area contributed by atoms with Crippen molar-refractivity contribution in [3.05, 3.63) is 39.7 Å². The summed E-state index contributed by atoms with van der Waals surface area (Å²) >= 11 is 0. The van der Waals surface area contributed by atoms with Crippen LogP contribution in [-0.2, 0) is 4.74 Å². The standard InChI is InChI=1S/C15H17NO4/c1-4-19-12-7-9(3)6-11-13(12)14(17)10(8-16-11)15(18)20-5-2/h6-8H,4-5H2,1-3H3,(H,16,17). The zero-order valence-corrected chi connectivity index (χ0v) is 11.8. The zero-order chi connectivity index (χ0) is 14.7. The third-order valence-corrected chi connectivity index (χ3v) is 2.89. The number of hydrogen-bond donors (Lipinski definition) is 1. The van der Waals surface area contributed by atoms with Gasteiger partial charge in [0.25, 0.3) is 0 Å². The minimum atomic E-state index is -0.626. The Balaban J connectivity index is 2.70. The molecule has 20 heavy (non-hydrogen) atoms. The van der Waals surface area contributed by atoms with Gasteiger partial charge in [-0.15, -0.1) is 0 Å². The van der Waals surface area contributed by atoms with Crippen LogP contribution in [0.4, 0.5) is 0 Å². The van der Waals surface area contributed by atoms with Crippen molar-refractivity contribution in [3.8, 4) is 5.75 Å². The Hall–Kier alpha value is -2.30. The Morgan fingerprint density at radius 2 is 2.00 bits per heavy atom. The third-order valence-electron chi connectivity index (χ3n) is 2.89. The van der Waals surface area contributed by atoms with Crippen molar-refractivity contribution in [2.75, 3.05) is 13.2 Å². The number of ether oxygens (including phenoxy) is 2. The molecule has 0 amide bonds. The van der Waals surface area contributed by atoms with E-state index in [-0.39, 0.29) is 17.6 Å². The Kier molecular flexibility index (Phi) is 4.08. The summed E-state index contributed by atoms with van der Waals surface area (Å²) in [6, 6.07) is 3.63. The molecule has 0 saturated heterocycles. The largest absolute Gasteiger partial charge is 0.493 e. The van der Waals surface area contributed by atoms with Crippen LogP contribution in [0.25, 0.3) is 10.9 Å². The first-order valence-corrected chi connectivity index (χ1v) is 6.54. The second-order valence-corrected chi connectivity index (χ2v) is 4.37. The highest BCUT2D eigenvalue weighted by Crippen LogP contribution is 2.24. The maximum Gasteiger partial charge on any atom is 0.343 e. The molecule has 5 nitrogen and oxygen atoms in total. The number of pyridine rings is 1. The van der Waals surface area contributed by atoms with Gasteiger partial charge in [0, 0.05) is 6.20 Å². The molecule has 0 atom stereocenters. The maximum atomic E-state index is 12.5. The van der Waals surface area contributed by atoms with Crippen LogP contribution in [0.5, 0.6) is 5.75 Å². The van der Waals surface area contributed by atoms with Gasteiger partial charge >= 0.3 is 5.97 Å². The average molecular weight is 275 g/mol. The maximum absolute atomic E-state index is 12.5. The van der Waals surface area contributed by atoms with Crippen LogP contribution in [0, 0.1) is 6.92 Å². The van der Waals surface area contributed by atoms with Gasteiger partial charge in [-0.1, -0.05) is 0 Å². The summed E-state index contributed by atoms with van der Waals surface area (Å²) in [4.78, 5) is 27.2. The molecule has 0 aliphatic heterocycles. The van der Waals surface area contributed by atoms with Gasteiger partial charge < -0.3 is 14.5 Å². The van der Waals surface area contributed by atoms with Crippen molar-refractivity contribution >= 4 is 16.9 Å². The number of nitrogens with one attached hydrogen (secondary N) is 1. The molecule has 5 heteroatoms. The molecule has 0 spiro atoms. The van der Waals surface area contributed by atoms with Crippen molar-refractivity contribution < 1.29 is 14.3 Å². The molecule has 1 heterocycles. The first-order valence-electron chi connectivity index (χ1n) is 6.54. The van der Waals surface area contributed by atoms with E-state index in [1.165, 1.54) is 6.20 Å². The van der Waals surface area contributed by atoms with Crippen LogP contribution >= 0.6 is 0 Å². The van der Waals surface area contributed by atoms with E-state index in [0.29, 0.717) is 23.3 Å². The molecule has 2 rings (SSSR count). The van der Waals surface area contributed by atoms with Gasteiger partial charge in [0.2, 0.25) is 5.43 Å². The fourth-order valence-corrected chi connectivity index (χ4v) is 2.08. The molecule has 0 unspecified atom stereocenters. The van der Waals surface area contributed by atoms with Gasteiger partial charge in [-0.25, -0.2) is 4.79 Å². The van der Waals surface area contributed by atoms with Crippen LogP contribution in [-0.4, -0.2) is 24.2 Å². The molecule has 2 aromatic rings. The molecule has 1 N–H and O–H groups in total. The number of H-pyrrole nitrogens is 1. The molecule has 0 bridgehead atoms. The predicted molar refractivity (Wildman–Crippen MR) is 76.4 cm³/mol. The Morgan fingerprint density at radius 1 is 1.25 bits per heavy atom. The monoisotopic (exact) mass is 275 g/mol. The number of esters is 1. The molecule has 0 aliphatic rings. The van der Waals surface area contributed by atoms with Gasteiger partial charge in [0.1, 0.15) is 11.3 Å². The van der Waals surface area contributed by atoms with Crippen molar-refractivity contribution in [2.24, 2.45) is 0 Å². The number of benzene rings is 1. The van der Waals surface area contributed by atoms with E-state index < -0.39 is 5.97 Å². The second-order valence-electron chi connectivity index (χ2n) is 4.37. The molecule has 1 aromatic heterocycles. The van der Waals surface area contributed by atoms with Gasteiger partial charge in [-0.2, -0.15) is 0 Å². The van der Waals surface area contributed by atoms with Gasteiger partial charge in [-0.05, 0) is 38.5 Å². The molecule has 0 saturated carbocycles. The Bertz CT molecular complexity index is 703. The lowest BCUT2D eigenvalue weighted by atomic mass is 10.1. The van der Waals surface area contributed by atoms with E-state index in [1.807, 2.05) is 19.9 Å². The lowest BCUT2D eigenvalue weighted by Gasteiger charge is -2.10. The van der Waals surface area contributed by atoms with E-state index in [0.717, 1.165) is 5.56 Å². The summed E-state index contributed by atoms with van der Waals surface area (Å²) in [5.41, 5.74) is 1.23. The fourth-order valence-electron chi connectivity index (χ4n) is 2.08. The summed E-state index contributed by atoms with van der Waals surface area (Å²) < 4.78 is 10.4. The second kappa shape index (κ2) is 5.77. The number of fused-ring (bicyclic) bond motifs is 1. The molecule has 0 aliphatic carbocycles. The normalized spacial score (nSPS) is 10.6. The van der Waals surface area contributed by atoms with Crippen molar-refractivity contribution in [3.63, 3.8) is 0 Å². The van der Waals surface area contributed by atoms with Crippen LogP contribution in [0.3, 0.4) is 0 Å². The molecule has 0 fully saturated rings. The van der Waals surface area contributed by atoms with Gasteiger partial charge in [-0.3, -0.25) is 4.79 Å². The summed E-state index contributed by atoms with van der Waals surface area (Å²) in [6.07, 6.45) is 1.39. The van der Waals surface area contributed by atoms with E-state index in [4.69, 9.17) is 9.47 Å². The van der Waals surface area contributed by atoms with Crippen LogP contribution in [0.1, 0.15) is 29.8 Å². The minimum Gasteiger partial charge on any atom is -0.493 e. The number of aromatic amines is 1. The average Bonchev–Trinajstić information content (AvgIpc) is 2.38. The predicted octanol–water partition coefficient (Wildman–Crippen LogP) is 2.41. The first-order chi connectivity index (χ1) is 9.58. The van der Waals surface area contributed by atoms with Gasteiger partial charge in [0.15, 0.2) is 0 Å². The quantitative estimate of drug-likeness (QED) is 0.870. The summed E-state index contributed by atoms with van der Waals surface area (Å²) in [5, 5.41) is 0.378. The first kappa shape index (κ1) is 14.1. The van der Waals surface area contributed by atoms with Gasteiger partial charge in [0.05, 0.1) is 24.1 Å². The van der Waals surface area contributed by atoms with Crippen LogP contribution in [0.2, 0.25) is 0 Å². The SMILES string of the molecule is CCOC(=O)c1c[nH]c2cc(C)cc(OCC)c2c1=O. The van der Waals surface area contributed by atoms with E-state index in [1.54, 1.807) is 13.0 Å². The molecular weight excluding hydrogens is 258 g/mol. The minimum absolute atomic E-state index is 0.0100. The fraction of sp³-hybridized carbons (Fsp3) is 0.333. The topological polar surface area (TPSA) is 68.4 Å². The highest BCUT2D eigenvalue weighted by Gasteiger charge is 2.17. The lowest BCUT2D eigenvalue weighted by molar-refractivity contribution is 0.0524. The number of carbonyl (C=O) groups excluding carboxylic acids is 1. The van der Waals surface area contributed by atoms with Crippen molar-refractivity contribution in [1.82, 2.24) is 4.98 Å². The smallest absolute Gasteiger partial charge is 0.343 e.